The number of carbonyl (C=O) groups is 3. The monoisotopic (exact) mass is 339 g/mol. The van der Waals surface area contributed by atoms with E-state index in [9.17, 15) is 14.4 Å². The van der Waals surface area contributed by atoms with Crippen molar-refractivity contribution in [3.8, 4) is 0 Å². The molecule has 2 aromatic carbocycles. The number of ether oxygens (including phenoxy) is 1. The van der Waals surface area contributed by atoms with Gasteiger partial charge in [0.05, 0.1) is 6.42 Å². The number of rotatable bonds is 7. The molecule has 2 aromatic rings. The number of carbonyl (C=O) groups excluding carboxylic acids is 3. The number of aryl methyl sites for hydroxylation is 1. The van der Waals surface area contributed by atoms with E-state index in [1.54, 1.807) is 36.4 Å². The van der Waals surface area contributed by atoms with E-state index in [1.165, 1.54) is 6.92 Å². The quantitative estimate of drug-likeness (QED) is 0.619. The SMILES string of the molecule is Cc1ccc(NC(=O)C(C)OC(=O)CCC(=O)c2ccccc2)cc1. The normalized spacial score (nSPS) is 11.4. The number of Topliss-reactive ketones (excluding diaryl/α,β-unsaturated/α-hetero) is 1. The summed E-state index contributed by atoms with van der Waals surface area (Å²) in [6.07, 6.45) is -0.939. The van der Waals surface area contributed by atoms with Crippen LogP contribution in [-0.2, 0) is 14.3 Å². The summed E-state index contributed by atoms with van der Waals surface area (Å²) < 4.78 is 5.09. The summed E-state index contributed by atoms with van der Waals surface area (Å²) in [6.45, 7) is 3.45. The number of ketones is 1. The number of esters is 1. The third-order valence-electron chi connectivity index (χ3n) is 3.65. The summed E-state index contributed by atoms with van der Waals surface area (Å²) in [4.78, 5) is 35.8. The molecule has 0 aliphatic carbocycles. The van der Waals surface area contributed by atoms with Crippen LogP contribution in [0.25, 0.3) is 0 Å². The molecule has 0 saturated carbocycles. The number of anilines is 1. The van der Waals surface area contributed by atoms with Gasteiger partial charge in [-0.3, -0.25) is 14.4 Å². The average molecular weight is 339 g/mol. The van der Waals surface area contributed by atoms with Gasteiger partial charge in [0, 0.05) is 17.7 Å². The van der Waals surface area contributed by atoms with Crippen molar-refractivity contribution >= 4 is 23.3 Å². The van der Waals surface area contributed by atoms with E-state index in [2.05, 4.69) is 5.32 Å². The van der Waals surface area contributed by atoms with Crippen LogP contribution < -0.4 is 5.32 Å². The van der Waals surface area contributed by atoms with Gasteiger partial charge in [0.15, 0.2) is 11.9 Å². The molecule has 1 amide bonds. The lowest BCUT2D eigenvalue weighted by Gasteiger charge is -2.13. The molecule has 130 valence electrons. The van der Waals surface area contributed by atoms with Crippen molar-refractivity contribution in [3.05, 3.63) is 65.7 Å². The number of hydrogen-bond acceptors (Lipinski definition) is 4. The van der Waals surface area contributed by atoms with Gasteiger partial charge in [-0.25, -0.2) is 0 Å². The molecule has 0 spiro atoms. The van der Waals surface area contributed by atoms with E-state index >= 15 is 0 Å². The van der Waals surface area contributed by atoms with Gasteiger partial charge in [0.25, 0.3) is 5.91 Å². The van der Waals surface area contributed by atoms with Crippen LogP contribution in [0.3, 0.4) is 0 Å². The molecule has 0 aliphatic rings. The fourth-order valence-corrected chi connectivity index (χ4v) is 2.17. The highest BCUT2D eigenvalue weighted by Crippen LogP contribution is 2.10. The third kappa shape index (κ3) is 5.88. The zero-order valence-electron chi connectivity index (χ0n) is 14.3. The Morgan fingerprint density at radius 1 is 0.960 bits per heavy atom. The molecule has 0 heterocycles. The molecule has 5 nitrogen and oxygen atoms in total. The second-order valence-electron chi connectivity index (χ2n) is 5.78. The zero-order valence-corrected chi connectivity index (χ0v) is 14.3. The van der Waals surface area contributed by atoms with E-state index in [4.69, 9.17) is 4.74 Å². The Morgan fingerprint density at radius 3 is 2.24 bits per heavy atom. The molecule has 5 heteroatoms. The first-order valence-corrected chi connectivity index (χ1v) is 8.11. The molecular weight excluding hydrogens is 318 g/mol. The molecule has 1 N–H and O–H groups in total. The molecule has 0 aromatic heterocycles. The van der Waals surface area contributed by atoms with Crippen molar-refractivity contribution in [1.29, 1.82) is 0 Å². The van der Waals surface area contributed by atoms with Gasteiger partial charge in [-0.2, -0.15) is 0 Å². The van der Waals surface area contributed by atoms with Gasteiger partial charge < -0.3 is 10.1 Å². The highest BCUT2D eigenvalue weighted by Gasteiger charge is 2.18. The van der Waals surface area contributed by atoms with E-state index in [1.807, 2.05) is 25.1 Å². The third-order valence-corrected chi connectivity index (χ3v) is 3.65. The van der Waals surface area contributed by atoms with Crippen molar-refractivity contribution in [2.24, 2.45) is 0 Å². The van der Waals surface area contributed by atoms with Crippen molar-refractivity contribution in [2.75, 3.05) is 5.32 Å². The lowest BCUT2D eigenvalue weighted by molar-refractivity contribution is -0.153. The summed E-state index contributed by atoms with van der Waals surface area (Å²) in [5, 5.41) is 2.68. The lowest BCUT2D eigenvalue weighted by Crippen LogP contribution is -2.30. The first kappa shape index (κ1) is 18.4. The van der Waals surface area contributed by atoms with Crippen LogP contribution in [0.1, 0.15) is 35.7 Å². The minimum Gasteiger partial charge on any atom is -0.453 e. The predicted molar refractivity (Wildman–Crippen MR) is 95.4 cm³/mol. The van der Waals surface area contributed by atoms with Gasteiger partial charge in [0.2, 0.25) is 0 Å². The number of hydrogen-bond donors (Lipinski definition) is 1. The van der Waals surface area contributed by atoms with Crippen LogP contribution in [0.15, 0.2) is 54.6 Å². The van der Waals surface area contributed by atoms with Crippen molar-refractivity contribution in [1.82, 2.24) is 0 Å². The molecule has 2 rings (SSSR count). The summed E-state index contributed by atoms with van der Waals surface area (Å²) in [5.41, 5.74) is 2.28. The Bertz CT molecular complexity index is 738. The largest absolute Gasteiger partial charge is 0.453 e. The fourth-order valence-electron chi connectivity index (χ4n) is 2.17. The highest BCUT2D eigenvalue weighted by molar-refractivity contribution is 5.98. The molecule has 1 unspecified atom stereocenters. The Balaban J connectivity index is 1.78. The van der Waals surface area contributed by atoms with E-state index in [-0.39, 0.29) is 18.6 Å². The maximum absolute atomic E-state index is 12.0. The summed E-state index contributed by atoms with van der Waals surface area (Å²) in [6, 6.07) is 16.1. The molecule has 1 atom stereocenters. The first-order valence-electron chi connectivity index (χ1n) is 8.11. The second kappa shape index (κ2) is 8.78. The second-order valence-corrected chi connectivity index (χ2v) is 5.78. The van der Waals surface area contributed by atoms with Gasteiger partial charge in [-0.15, -0.1) is 0 Å². The van der Waals surface area contributed by atoms with E-state index < -0.39 is 18.0 Å². The van der Waals surface area contributed by atoms with Crippen LogP contribution in [-0.4, -0.2) is 23.8 Å². The minimum absolute atomic E-state index is 0.0507. The van der Waals surface area contributed by atoms with Crippen LogP contribution in [0, 0.1) is 6.92 Å². The van der Waals surface area contributed by atoms with Crippen LogP contribution in [0.5, 0.6) is 0 Å². The fraction of sp³-hybridized carbons (Fsp3) is 0.250. The highest BCUT2D eigenvalue weighted by atomic mass is 16.5. The van der Waals surface area contributed by atoms with E-state index in [0.29, 0.717) is 11.3 Å². The Kier molecular flexibility index (Phi) is 6.46. The molecule has 25 heavy (non-hydrogen) atoms. The molecule has 0 bridgehead atoms. The van der Waals surface area contributed by atoms with Gasteiger partial charge in [-0.05, 0) is 26.0 Å². The number of nitrogens with one attached hydrogen (secondary N) is 1. The van der Waals surface area contributed by atoms with Crippen molar-refractivity contribution in [2.45, 2.75) is 32.8 Å². The first-order chi connectivity index (χ1) is 12.0. The van der Waals surface area contributed by atoms with Crippen LogP contribution in [0.2, 0.25) is 0 Å². The Labute approximate surface area is 147 Å². The van der Waals surface area contributed by atoms with Gasteiger partial charge in [-0.1, -0.05) is 48.0 Å². The van der Waals surface area contributed by atoms with Gasteiger partial charge >= 0.3 is 5.97 Å². The number of amides is 1. The summed E-state index contributed by atoms with van der Waals surface area (Å²) >= 11 is 0. The average Bonchev–Trinajstić information content (AvgIpc) is 2.62. The Morgan fingerprint density at radius 2 is 1.60 bits per heavy atom. The smallest absolute Gasteiger partial charge is 0.307 e. The maximum atomic E-state index is 12.0. The Hall–Kier alpha value is -2.95. The summed E-state index contributed by atoms with van der Waals surface area (Å²) in [7, 11) is 0. The molecule has 0 radical (unpaired) electrons. The van der Waals surface area contributed by atoms with E-state index in [0.717, 1.165) is 5.56 Å². The summed E-state index contributed by atoms with van der Waals surface area (Å²) in [5.74, 6) is -1.11. The van der Waals surface area contributed by atoms with Crippen molar-refractivity contribution < 1.29 is 19.1 Å². The predicted octanol–water partition coefficient (Wildman–Crippen LogP) is 3.53. The molecule has 0 aliphatic heterocycles. The maximum Gasteiger partial charge on any atom is 0.307 e. The minimum atomic E-state index is -0.930. The molecular formula is C20H21NO4. The molecule has 0 saturated heterocycles. The zero-order chi connectivity index (χ0) is 18.2. The van der Waals surface area contributed by atoms with Crippen molar-refractivity contribution in [3.63, 3.8) is 0 Å². The number of benzene rings is 2. The van der Waals surface area contributed by atoms with Gasteiger partial charge in [0.1, 0.15) is 0 Å². The standard InChI is InChI=1S/C20H21NO4/c1-14-8-10-17(11-9-14)21-20(24)15(2)25-19(23)13-12-18(22)16-6-4-3-5-7-16/h3-11,15H,12-13H2,1-2H3,(H,21,24). The van der Waals surface area contributed by atoms with Crippen LogP contribution >= 0.6 is 0 Å². The lowest BCUT2D eigenvalue weighted by atomic mass is 10.1. The topological polar surface area (TPSA) is 72.5 Å². The van der Waals surface area contributed by atoms with Crippen LogP contribution in [0.4, 0.5) is 5.69 Å². The molecule has 0 fully saturated rings.